The van der Waals surface area contributed by atoms with E-state index >= 15 is 0 Å². The molecule has 5 heteroatoms. The Morgan fingerprint density at radius 3 is 2.67 bits per heavy atom. The number of thiazole rings is 1. The molecular weight excluding hydrogens is 280 g/mol. The summed E-state index contributed by atoms with van der Waals surface area (Å²) in [5.74, 6) is 0. The standard InChI is InChI=1S/C16H18N4S/c1-16(8-6-12(18)7-9-16)14-10-21-15(20-14)19-13-4-2-11(17)3-5-13/h2-8,10H,9,17-18H2,1H3,(H,19,20). The molecule has 0 fully saturated rings. The van der Waals surface area contributed by atoms with Crippen molar-refractivity contribution in [2.24, 2.45) is 5.73 Å². The zero-order valence-corrected chi connectivity index (χ0v) is 12.7. The summed E-state index contributed by atoms with van der Waals surface area (Å²) in [6.45, 7) is 2.18. The van der Waals surface area contributed by atoms with E-state index in [-0.39, 0.29) is 5.41 Å². The summed E-state index contributed by atoms with van der Waals surface area (Å²) < 4.78 is 0. The Kier molecular flexibility index (Phi) is 3.43. The Morgan fingerprint density at radius 2 is 2.00 bits per heavy atom. The number of nitrogens with two attached hydrogens (primary N) is 2. The number of nitrogens with one attached hydrogen (secondary N) is 1. The average molecular weight is 298 g/mol. The molecule has 1 aromatic carbocycles. The number of nitrogens with zero attached hydrogens (tertiary/aromatic N) is 1. The number of allylic oxidation sites excluding steroid dienone is 3. The minimum atomic E-state index is -0.0829. The summed E-state index contributed by atoms with van der Waals surface area (Å²) in [5.41, 5.74) is 15.0. The van der Waals surface area contributed by atoms with Crippen molar-refractivity contribution in [1.29, 1.82) is 0 Å². The zero-order valence-electron chi connectivity index (χ0n) is 11.8. The van der Waals surface area contributed by atoms with Crippen LogP contribution in [0.25, 0.3) is 0 Å². The lowest BCUT2D eigenvalue weighted by Gasteiger charge is -2.25. The van der Waals surface area contributed by atoms with Crippen LogP contribution in [0.5, 0.6) is 0 Å². The van der Waals surface area contributed by atoms with Gasteiger partial charge >= 0.3 is 0 Å². The Balaban J connectivity index is 1.78. The molecule has 2 aromatic rings. The lowest BCUT2D eigenvalue weighted by Crippen LogP contribution is -2.21. The predicted octanol–water partition coefficient (Wildman–Crippen LogP) is 3.53. The number of hydrogen-bond acceptors (Lipinski definition) is 5. The fourth-order valence-electron chi connectivity index (χ4n) is 2.22. The van der Waals surface area contributed by atoms with E-state index in [2.05, 4.69) is 23.7 Å². The summed E-state index contributed by atoms with van der Waals surface area (Å²) in [7, 11) is 0. The maximum Gasteiger partial charge on any atom is 0.187 e. The van der Waals surface area contributed by atoms with Crippen LogP contribution in [0.4, 0.5) is 16.5 Å². The summed E-state index contributed by atoms with van der Waals surface area (Å²) >= 11 is 1.60. The molecule has 0 radical (unpaired) electrons. The number of anilines is 3. The number of benzene rings is 1. The first kappa shape index (κ1) is 13.7. The van der Waals surface area contributed by atoms with Crippen LogP contribution in [0.1, 0.15) is 19.0 Å². The van der Waals surface area contributed by atoms with E-state index in [1.54, 1.807) is 11.3 Å². The largest absolute Gasteiger partial charge is 0.399 e. The van der Waals surface area contributed by atoms with Crippen molar-refractivity contribution < 1.29 is 0 Å². The van der Waals surface area contributed by atoms with E-state index in [9.17, 15) is 0 Å². The number of hydrogen-bond donors (Lipinski definition) is 3. The molecular formula is C16H18N4S. The molecule has 1 aliphatic carbocycles. The van der Waals surface area contributed by atoms with Gasteiger partial charge in [-0.25, -0.2) is 4.98 Å². The summed E-state index contributed by atoms with van der Waals surface area (Å²) in [6, 6.07) is 7.63. The minimum absolute atomic E-state index is 0.0829. The van der Waals surface area contributed by atoms with E-state index < -0.39 is 0 Å². The van der Waals surface area contributed by atoms with Gasteiger partial charge in [-0.3, -0.25) is 0 Å². The first-order chi connectivity index (χ1) is 10.0. The van der Waals surface area contributed by atoms with Crippen molar-refractivity contribution in [2.45, 2.75) is 18.8 Å². The predicted molar refractivity (Wildman–Crippen MR) is 89.6 cm³/mol. The van der Waals surface area contributed by atoms with Crippen LogP contribution in [-0.2, 0) is 5.41 Å². The van der Waals surface area contributed by atoms with Gasteiger partial charge in [0.2, 0.25) is 0 Å². The Bertz CT molecular complexity index is 699. The molecule has 1 atom stereocenters. The number of aromatic nitrogens is 1. The zero-order chi connectivity index (χ0) is 14.9. The van der Waals surface area contributed by atoms with Crippen LogP contribution >= 0.6 is 11.3 Å². The Morgan fingerprint density at radius 1 is 1.24 bits per heavy atom. The van der Waals surface area contributed by atoms with E-state index in [0.717, 1.165) is 34.3 Å². The van der Waals surface area contributed by atoms with Gasteiger partial charge in [0.25, 0.3) is 0 Å². The van der Waals surface area contributed by atoms with Gasteiger partial charge in [0.05, 0.1) is 5.69 Å². The van der Waals surface area contributed by atoms with Gasteiger partial charge in [-0.1, -0.05) is 19.1 Å². The van der Waals surface area contributed by atoms with Gasteiger partial charge in [-0.15, -0.1) is 11.3 Å². The Hall–Kier alpha value is -2.27. The minimum Gasteiger partial charge on any atom is -0.399 e. The second-order valence-corrected chi connectivity index (χ2v) is 6.30. The van der Waals surface area contributed by atoms with Gasteiger partial charge in [-0.2, -0.15) is 0 Å². The van der Waals surface area contributed by atoms with E-state index in [0.29, 0.717) is 0 Å². The highest BCUT2D eigenvalue weighted by atomic mass is 32.1. The topological polar surface area (TPSA) is 77.0 Å². The molecule has 3 rings (SSSR count). The Labute approximate surface area is 128 Å². The van der Waals surface area contributed by atoms with Gasteiger partial charge in [-0.05, 0) is 36.8 Å². The van der Waals surface area contributed by atoms with Crippen LogP contribution in [0.2, 0.25) is 0 Å². The van der Waals surface area contributed by atoms with E-state index in [1.807, 2.05) is 36.4 Å². The second-order valence-electron chi connectivity index (χ2n) is 5.44. The molecule has 1 heterocycles. The molecule has 4 nitrogen and oxygen atoms in total. The molecule has 1 aromatic heterocycles. The summed E-state index contributed by atoms with van der Waals surface area (Å²) in [5, 5.41) is 6.28. The molecule has 0 spiro atoms. The molecule has 1 unspecified atom stereocenters. The first-order valence-electron chi connectivity index (χ1n) is 6.79. The SMILES string of the molecule is CC1(c2csc(Nc3ccc(N)cc3)n2)C=CC(N)=CC1. The third kappa shape index (κ3) is 2.92. The monoisotopic (exact) mass is 298 g/mol. The lowest BCUT2D eigenvalue weighted by molar-refractivity contribution is 0.580. The van der Waals surface area contributed by atoms with Crippen LogP contribution < -0.4 is 16.8 Å². The quantitative estimate of drug-likeness (QED) is 0.758. The van der Waals surface area contributed by atoms with Crippen molar-refractivity contribution in [3.05, 3.63) is 59.3 Å². The average Bonchev–Trinajstić information content (AvgIpc) is 2.94. The van der Waals surface area contributed by atoms with E-state index in [4.69, 9.17) is 16.5 Å². The van der Waals surface area contributed by atoms with Gasteiger partial charge in [0, 0.05) is 27.9 Å². The molecule has 0 saturated carbocycles. The molecule has 0 saturated heterocycles. The number of nitrogen functional groups attached to an aromatic ring is 1. The highest BCUT2D eigenvalue weighted by Crippen LogP contribution is 2.35. The van der Waals surface area contributed by atoms with Crippen molar-refractivity contribution in [3.8, 4) is 0 Å². The van der Waals surface area contributed by atoms with Crippen LogP contribution in [0.15, 0.2) is 53.6 Å². The third-order valence-corrected chi connectivity index (χ3v) is 4.41. The summed E-state index contributed by atoms with van der Waals surface area (Å²) in [6.07, 6.45) is 7.01. The van der Waals surface area contributed by atoms with Crippen LogP contribution in [-0.4, -0.2) is 4.98 Å². The maximum atomic E-state index is 5.79. The summed E-state index contributed by atoms with van der Waals surface area (Å²) in [4.78, 5) is 4.70. The molecule has 0 bridgehead atoms. The molecule has 21 heavy (non-hydrogen) atoms. The highest BCUT2D eigenvalue weighted by Gasteiger charge is 2.27. The molecule has 108 valence electrons. The molecule has 1 aliphatic rings. The second kappa shape index (κ2) is 5.26. The fourth-order valence-corrected chi connectivity index (χ4v) is 3.09. The van der Waals surface area contributed by atoms with Crippen molar-refractivity contribution >= 4 is 27.8 Å². The van der Waals surface area contributed by atoms with Crippen molar-refractivity contribution in [1.82, 2.24) is 4.98 Å². The van der Waals surface area contributed by atoms with Gasteiger partial charge in [0.1, 0.15) is 0 Å². The fraction of sp³-hybridized carbons (Fsp3) is 0.188. The van der Waals surface area contributed by atoms with Crippen molar-refractivity contribution in [3.63, 3.8) is 0 Å². The van der Waals surface area contributed by atoms with Gasteiger partial charge in [0.15, 0.2) is 5.13 Å². The van der Waals surface area contributed by atoms with E-state index in [1.165, 1.54) is 0 Å². The van der Waals surface area contributed by atoms with Crippen LogP contribution in [0, 0.1) is 0 Å². The third-order valence-electron chi connectivity index (χ3n) is 3.66. The maximum absolute atomic E-state index is 5.79. The molecule has 0 amide bonds. The lowest BCUT2D eigenvalue weighted by atomic mass is 9.81. The molecule has 5 N–H and O–H groups in total. The first-order valence-corrected chi connectivity index (χ1v) is 7.67. The normalized spacial score (nSPS) is 21.1. The smallest absolute Gasteiger partial charge is 0.187 e. The van der Waals surface area contributed by atoms with Crippen LogP contribution in [0.3, 0.4) is 0 Å². The van der Waals surface area contributed by atoms with Gasteiger partial charge < -0.3 is 16.8 Å². The number of rotatable bonds is 3. The van der Waals surface area contributed by atoms with Crippen molar-refractivity contribution in [2.75, 3.05) is 11.1 Å². The molecule has 0 aliphatic heterocycles. The highest BCUT2D eigenvalue weighted by molar-refractivity contribution is 7.13.